The Bertz CT molecular complexity index is 982. The molecule has 40 heavy (non-hydrogen) atoms. The normalized spacial score (nSPS) is 14.7. The molecule has 1 aromatic carbocycles. The summed E-state index contributed by atoms with van der Waals surface area (Å²) in [7, 11) is 0. The number of hydrogen-bond donors (Lipinski definition) is 2. The first-order valence-corrected chi connectivity index (χ1v) is 14.0. The van der Waals surface area contributed by atoms with Gasteiger partial charge in [0.2, 0.25) is 0 Å². The molecule has 0 bridgehead atoms. The van der Waals surface area contributed by atoms with Crippen LogP contribution in [-0.4, -0.2) is 53.3 Å². The van der Waals surface area contributed by atoms with E-state index in [-0.39, 0.29) is 36.5 Å². The maximum absolute atomic E-state index is 12.5. The van der Waals surface area contributed by atoms with E-state index in [9.17, 15) is 24.3 Å². The Morgan fingerprint density at radius 1 is 0.850 bits per heavy atom. The zero-order valence-electron chi connectivity index (χ0n) is 24.7. The van der Waals surface area contributed by atoms with Gasteiger partial charge >= 0.3 is 24.2 Å². The van der Waals surface area contributed by atoms with Gasteiger partial charge in [-0.3, -0.25) is 10.1 Å². The number of rotatable bonds is 17. The Kier molecular flexibility index (Phi) is 15.1. The monoisotopic (exact) mass is 567 g/mol. The van der Waals surface area contributed by atoms with E-state index in [1.165, 1.54) is 18.2 Å². The van der Waals surface area contributed by atoms with Gasteiger partial charge in [0.05, 0.1) is 0 Å². The fourth-order valence-corrected chi connectivity index (χ4v) is 3.85. The quantitative estimate of drug-likeness (QED) is 0.0966. The number of carboxylic acid groups (broad SMARTS) is 1. The van der Waals surface area contributed by atoms with Crippen LogP contribution in [0.1, 0.15) is 99.0 Å². The number of carbonyl (C=O) groups excluding carboxylic acids is 3. The highest BCUT2D eigenvalue weighted by atomic mass is 16.7. The minimum absolute atomic E-state index is 0.0404. The largest absolute Gasteiger partial charge is 0.514 e. The van der Waals surface area contributed by atoms with Gasteiger partial charge in [0.15, 0.2) is 11.5 Å². The summed E-state index contributed by atoms with van der Waals surface area (Å²) < 4.78 is 26.7. The molecule has 11 heteroatoms. The molecule has 1 aromatic rings. The Hall–Kier alpha value is -3.34. The van der Waals surface area contributed by atoms with Crippen LogP contribution in [0, 0.1) is 0 Å². The Morgan fingerprint density at radius 2 is 1.40 bits per heavy atom. The molecule has 0 fully saturated rings. The van der Waals surface area contributed by atoms with Crippen LogP contribution in [-0.2, 0) is 30.2 Å². The van der Waals surface area contributed by atoms with Crippen LogP contribution < -0.4 is 14.8 Å². The average Bonchev–Trinajstić information content (AvgIpc) is 2.85. The smallest absolute Gasteiger partial charge is 0.477 e. The number of carboxylic acids is 1. The highest BCUT2D eigenvalue weighted by Crippen LogP contribution is 2.32. The second kappa shape index (κ2) is 17.4. The highest BCUT2D eigenvalue weighted by molar-refractivity contribution is 5.82. The summed E-state index contributed by atoms with van der Waals surface area (Å²) in [5.74, 6) is -2.37. The third-order valence-corrected chi connectivity index (χ3v) is 6.01. The van der Waals surface area contributed by atoms with Crippen molar-refractivity contribution in [3.63, 3.8) is 0 Å². The maximum atomic E-state index is 12.5. The van der Waals surface area contributed by atoms with Crippen LogP contribution in [0.5, 0.6) is 11.5 Å². The van der Waals surface area contributed by atoms with E-state index in [2.05, 4.69) is 5.32 Å². The van der Waals surface area contributed by atoms with Gasteiger partial charge in [-0.05, 0) is 64.2 Å². The van der Waals surface area contributed by atoms with Crippen molar-refractivity contribution < 1.29 is 48.0 Å². The summed E-state index contributed by atoms with van der Waals surface area (Å²) >= 11 is 0. The summed E-state index contributed by atoms with van der Waals surface area (Å²) in [5, 5.41) is 13.1. The summed E-state index contributed by atoms with van der Waals surface area (Å²) in [5.41, 5.74) is -1.77. The molecular weight excluding hydrogens is 522 g/mol. The topological polar surface area (TPSA) is 147 Å². The van der Waals surface area contributed by atoms with E-state index in [4.69, 9.17) is 23.7 Å². The Labute approximate surface area is 236 Å². The molecule has 11 nitrogen and oxygen atoms in total. The lowest BCUT2D eigenvalue weighted by molar-refractivity contribution is -0.184. The van der Waals surface area contributed by atoms with E-state index in [1.807, 2.05) is 20.8 Å². The second-order valence-electron chi connectivity index (χ2n) is 9.91. The van der Waals surface area contributed by atoms with Gasteiger partial charge in [-0.25, -0.2) is 14.4 Å². The lowest BCUT2D eigenvalue weighted by Crippen LogP contribution is -2.59. The molecule has 2 N–H and O–H groups in total. The zero-order valence-corrected chi connectivity index (χ0v) is 24.7. The maximum Gasteiger partial charge on any atom is 0.514 e. The molecule has 3 unspecified atom stereocenters. The van der Waals surface area contributed by atoms with Gasteiger partial charge in [0.1, 0.15) is 12.2 Å². The van der Waals surface area contributed by atoms with Crippen molar-refractivity contribution in [2.75, 3.05) is 0 Å². The first-order valence-electron chi connectivity index (χ1n) is 14.0. The molecule has 4 atom stereocenters. The Balaban J connectivity index is 3.42. The van der Waals surface area contributed by atoms with Crippen LogP contribution >= 0.6 is 0 Å². The molecule has 0 aliphatic heterocycles. The highest BCUT2D eigenvalue weighted by Gasteiger charge is 2.44. The summed E-state index contributed by atoms with van der Waals surface area (Å²) in [6, 6.07) is 3.87. The lowest BCUT2D eigenvalue weighted by atomic mass is 10.00. The standard InChI is InChI=1S/C29H45NO10/c1-8-12-20(6)36-27(34)38-23-16-15-22(17-24(23)39-28(35)37-21(7)13-9-2)18-29(26(32)33,30-19(5)11-4)40-25(31)14-10-3/h15-17,19-21,30H,8-14,18H2,1-7H3,(H,32,33)/t19?,20?,21?,29-/m0/s1. The molecule has 0 aliphatic carbocycles. The molecule has 226 valence electrons. The predicted molar refractivity (Wildman–Crippen MR) is 147 cm³/mol. The van der Waals surface area contributed by atoms with Gasteiger partial charge in [-0.15, -0.1) is 0 Å². The number of esters is 1. The number of carbonyl (C=O) groups is 4. The number of hydrogen-bond acceptors (Lipinski definition) is 10. The lowest BCUT2D eigenvalue weighted by Gasteiger charge is -2.33. The molecule has 0 aliphatic rings. The zero-order chi connectivity index (χ0) is 30.3. The third kappa shape index (κ3) is 11.8. The van der Waals surface area contributed by atoms with Gasteiger partial charge < -0.3 is 28.8 Å². The molecule has 0 aromatic heterocycles. The van der Waals surface area contributed by atoms with Crippen molar-refractivity contribution in [1.29, 1.82) is 0 Å². The van der Waals surface area contributed by atoms with Crippen LogP contribution in [0.3, 0.4) is 0 Å². The van der Waals surface area contributed by atoms with Gasteiger partial charge in [-0.1, -0.05) is 46.6 Å². The van der Waals surface area contributed by atoms with Crippen molar-refractivity contribution >= 4 is 24.2 Å². The molecule has 1 rings (SSSR count). The number of ether oxygens (including phenoxy) is 5. The first kappa shape index (κ1) is 34.7. The van der Waals surface area contributed by atoms with E-state index in [0.29, 0.717) is 31.2 Å². The summed E-state index contributed by atoms with van der Waals surface area (Å²) in [6.45, 7) is 12.8. The minimum Gasteiger partial charge on any atom is -0.477 e. The van der Waals surface area contributed by atoms with Crippen molar-refractivity contribution in [3.05, 3.63) is 23.8 Å². The van der Waals surface area contributed by atoms with Gasteiger partial charge in [-0.2, -0.15) is 0 Å². The van der Waals surface area contributed by atoms with Crippen molar-refractivity contribution in [2.45, 2.75) is 124 Å². The van der Waals surface area contributed by atoms with Crippen LogP contribution in [0.25, 0.3) is 0 Å². The van der Waals surface area contributed by atoms with E-state index in [1.54, 1.807) is 27.7 Å². The van der Waals surface area contributed by atoms with E-state index in [0.717, 1.165) is 12.8 Å². The molecule has 0 radical (unpaired) electrons. The van der Waals surface area contributed by atoms with Crippen molar-refractivity contribution in [1.82, 2.24) is 5.32 Å². The van der Waals surface area contributed by atoms with E-state index < -0.39 is 36.1 Å². The minimum atomic E-state index is -2.09. The fourth-order valence-electron chi connectivity index (χ4n) is 3.85. The van der Waals surface area contributed by atoms with Crippen LogP contribution in [0.15, 0.2) is 18.2 Å². The molecule has 0 heterocycles. The predicted octanol–water partition coefficient (Wildman–Crippen LogP) is 6.15. The third-order valence-electron chi connectivity index (χ3n) is 6.01. The number of benzene rings is 1. The summed E-state index contributed by atoms with van der Waals surface area (Å²) in [4.78, 5) is 49.8. The molecular formula is C29H45NO10. The molecule has 0 saturated heterocycles. The van der Waals surface area contributed by atoms with Gasteiger partial charge in [0, 0.05) is 18.9 Å². The van der Waals surface area contributed by atoms with Crippen molar-refractivity contribution in [2.24, 2.45) is 0 Å². The molecule has 0 spiro atoms. The fraction of sp³-hybridized carbons (Fsp3) is 0.655. The van der Waals surface area contributed by atoms with Crippen LogP contribution in [0.2, 0.25) is 0 Å². The van der Waals surface area contributed by atoms with E-state index >= 15 is 0 Å². The van der Waals surface area contributed by atoms with Crippen LogP contribution in [0.4, 0.5) is 9.59 Å². The molecule has 0 amide bonds. The number of aliphatic carboxylic acids is 1. The second-order valence-corrected chi connectivity index (χ2v) is 9.91. The van der Waals surface area contributed by atoms with Crippen molar-refractivity contribution in [3.8, 4) is 11.5 Å². The van der Waals surface area contributed by atoms with Gasteiger partial charge in [0.25, 0.3) is 5.72 Å². The first-order chi connectivity index (χ1) is 18.9. The Morgan fingerprint density at radius 3 is 1.88 bits per heavy atom. The SMILES string of the molecule is CCCC(=O)O[C@](Cc1ccc(OC(=O)OC(C)CCC)c(OC(=O)OC(C)CCC)c1)(NC(C)CC)C(=O)O. The number of nitrogens with one attached hydrogen (secondary N) is 1. The molecule has 0 saturated carbocycles. The summed E-state index contributed by atoms with van der Waals surface area (Å²) in [6.07, 6.45) is 0.817. The average molecular weight is 568 g/mol.